The minimum Gasteiger partial charge on any atom is -0.590 e. The molecule has 0 radical (unpaired) electrons. The Morgan fingerprint density at radius 2 is 1.29 bits per heavy atom. The van der Waals surface area contributed by atoms with E-state index in [1.165, 1.54) is 0 Å². The number of likely N-dealkylation sites (N-methyl/N-ethyl adjacent to an activating group) is 2. The zero-order valence-electron chi connectivity index (χ0n) is 13.9. The van der Waals surface area contributed by atoms with E-state index >= 15 is 0 Å². The van der Waals surface area contributed by atoms with E-state index in [2.05, 4.69) is 10.6 Å². The molecule has 0 saturated carbocycles. The van der Waals surface area contributed by atoms with Crippen LogP contribution in [0.5, 0.6) is 11.5 Å². The molecule has 0 bridgehead atoms. The van der Waals surface area contributed by atoms with Gasteiger partial charge in [-0.15, -0.1) is 0 Å². The van der Waals surface area contributed by atoms with E-state index < -0.39 is 10.8 Å². The normalized spacial score (nSPS) is 11.3. The lowest BCUT2D eigenvalue weighted by atomic mass is 10.1. The van der Waals surface area contributed by atoms with E-state index in [9.17, 15) is 4.55 Å². The molecular weight excluding hydrogens is 324 g/mol. The number of hydrogen-bond donors (Lipinski definition) is 2. The van der Waals surface area contributed by atoms with Crippen molar-refractivity contribution in [2.75, 3.05) is 40.4 Å². The van der Waals surface area contributed by atoms with Crippen molar-refractivity contribution >= 4 is 30.9 Å². The number of hydrogen-bond acceptors (Lipinski definition) is 5. The van der Waals surface area contributed by atoms with Gasteiger partial charge in [0, 0.05) is 25.2 Å². The maximum absolute atomic E-state index is 12.6. The van der Waals surface area contributed by atoms with Crippen molar-refractivity contribution in [3.8, 4) is 11.5 Å². The minimum absolute atomic E-state index is 0.596. The zero-order valence-corrected chi connectivity index (χ0v) is 14.7. The van der Waals surface area contributed by atoms with Crippen LogP contribution in [0, 0.1) is 0 Å². The van der Waals surface area contributed by atoms with Crippen molar-refractivity contribution in [1.82, 2.24) is 10.6 Å². The Balaban J connectivity index is 1.96. The summed E-state index contributed by atoms with van der Waals surface area (Å²) < 4.78 is 25.8. The zero-order chi connectivity index (χ0) is 16.9. The van der Waals surface area contributed by atoms with Gasteiger partial charge in [0.1, 0.15) is 24.7 Å². The van der Waals surface area contributed by atoms with E-state index in [1.807, 2.05) is 50.5 Å². The van der Waals surface area contributed by atoms with Gasteiger partial charge >= 0.3 is 0 Å². The number of ether oxygens (including phenoxy) is 2. The van der Waals surface area contributed by atoms with Crippen LogP contribution in [0.4, 0.5) is 0 Å². The summed E-state index contributed by atoms with van der Waals surface area (Å²) in [6.07, 6.45) is 0. The Labute approximate surface area is 144 Å². The predicted molar refractivity (Wildman–Crippen MR) is 99.0 cm³/mol. The maximum atomic E-state index is 12.6. The van der Waals surface area contributed by atoms with Crippen LogP contribution in [0.25, 0.3) is 20.2 Å². The quantitative estimate of drug-likeness (QED) is 0.485. The first-order valence-electron chi connectivity index (χ1n) is 7.99. The van der Waals surface area contributed by atoms with Crippen molar-refractivity contribution in [2.24, 2.45) is 0 Å². The average molecular weight is 346 g/mol. The topological polar surface area (TPSA) is 65.6 Å². The van der Waals surface area contributed by atoms with Crippen molar-refractivity contribution in [3.63, 3.8) is 0 Å². The van der Waals surface area contributed by atoms with Gasteiger partial charge in [0.05, 0.1) is 10.8 Å². The van der Waals surface area contributed by atoms with E-state index in [4.69, 9.17) is 9.47 Å². The monoisotopic (exact) mass is 346 g/mol. The second-order valence-electron chi connectivity index (χ2n) is 5.49. The lowest BCUT2D eigenvalue weighted by Gasteiger charge is -2.05. The van der Waals surface area contributed by atoms with E-state index in [0.29, 0.717) is 13.2 Å². The second-order valence-corrected chi connectivity index (χ2v) is 6.91. The molecule has 3 rings (SSSR count). The van der Waals surface area contributed by atoms with Gasteiger partial charge < -0.3 is 24.7 Å². The van der Waals surface area contributed by atoms with Crippen LogP contribution >= 0.6 is 10.8 Å². The van der Waals surface area contributed by atoms with Crippen LogP contribution in [-0.2, 0) is 0 Å². The van der Waals surface area contributed by atoms with Gasteiger partial charge in [-0.3, -0.25) is 0 Å². The van der Waals surface area contributed by atoms with Gasteiger partial charge in [0.2, 0.25) is 0 Å². The number of rotatable bonds is 8. The molecule has 1 heterocycles. The van der Waals surface area contributed by atoms with Gasteiger partial charge in [0.15, 0.2) is 9.40 Å². The SMILES string of the molecule is CNCCOc1ccc2c(c1)c1cc(OCCNC)ccc1[s+]2[O-]. The van der Waals surface area contributed by atoms with Crippen LogP contribution in [0.15, 0.2) is 36.4 Å². The van der Waals surface area contributed by atoms with Crippen LogP contribution in [0.2, 0.25) is 0 Å². The molecule has 2 aromatic carbocycles. The fourth-order valence-electron chi connectivity index (χ4n) is 2.60. The highest BCUT2D eigenvalue weighted by Gasteiger charge is 2.17. The fraction of sp³-hybridized carbons (Fsp3) is 0.333. The first-order valence-corrected chi connectivity index (χ1v) is 9.14. The Kier molecular flexibility index (Phi) is 5.52. The summed E-state index contributed by atoms with van der Waals surface area (Å²) in [6.45, 7) is 2.75. The Morgan fingerprint density at radius 3 is 1.71 bits per heavy atom. The van der Waals surface area contributed by atoms with Gasteiger partial charge in [0.25, 0.3) is 0 Å². The third kappa shape index (κ3) is 3.47. The van der Waals surface area contributed by atoms with Crippen LogP contribution < -0.4 is 20.1 Å². The number of fused-ring (bicyclic) bond motifs is 3. The lowest BCUT2D eigenvalue weighted by Crippen LogP contribution is -2.15. The summed E-state index contributed by atoms with van der Waals surface area (Å²) in [5.41, 5.74) is 0. The molecule has 0 aliphatic heterocycles. The highest BCUT2D eigenvalue weighted by Crippen LogP contribution is 2.42. The lowest BCUT2D eigenvalue weighted by molar-refractivity contribution is 0.318. The molecule has 0 aliphatic carbocycles. The molecule has 0 saturated heterocycles. The molecule has 1 aromatic heterocycles. The largest absolute Gasteiger partial charge is 0.590 e. The first-order chi connectivity index (χ1) is 11.7. The highest BCUT2D eigenvalue weighted by atomic mass is 32.2. The van der Waals surface area contributed by atoms with Crippen LogP contribution in [0.3, 0.4) is 0 Å². The summed E-state index contributed by atoms with van der Waals surface area (Å²) in [7, 11) is 2.64. The van der Waals surface area contributed by atoms with E-state index in [1.54, 1.807) is 0 Å². The molecule has 0 spiro atoms. The Morgan fingerprint density at radius 1 is 0.833 bits per heavy atom. The molecule has 0 aliphatic rings. The molecule has 0 amide bonds. The summed E-state index contributed by atoms with van der Waals surface area (Å²) in [4.78, 5) is 0. The Bertz CT molecular complexity index is 765. The molecule has 0 fully saturated rings. The Hall–Kier alpha value is -1.86. The summed E-state index contributed by atoms with van der Waals surface area (Å²) >= 11 is 0. The van der Waals surface area contributed by atoms with Crippen LogP contribution in [0.1, 0.15) is 0 Å². The standard InChI is InChI=1S/C18H22N2O3S/c1-19-7-9-22-13-3-5-17-15(11-13)16-12-14(23-10-8-20-2)4-6-18(16)24(17)21/h3-6,11-12,19-20H,7-10H2,1-2H3. The van der Waals surface area contributed by atoms with Crippen molar-refractivity contribution in [1.29, 1.82) is 0 Å². The molecule has 0 unspecified atom stereocenters. The molecule has 2 N–H and O–H groups in total. The molecular formula is C18H22N2O3S. The molecule has 5 nitrogen and oxygen atoms in total. The number of benzene rings is 2. The van der Waals surface area contributed by atoms with Crippen LogP contribution in [-0.4, -0.2) is 45.0 Å². The maximum Gasteiger partial charge on any atom is 0.181 e. The molecule has 128 valence electrons. The fourth-order valence-corrected chi connectivity index (χ4v) is 3.96. The first kappa shape index (κ1) is 17.0. The summed E-state index contributed by atoms with van der Waals surface area (Å²) in [5, 5.41) is 8.02. The van der Waals surface area contributed by atoms with Gasteiger partial charge in [-0.05, 0) is 49.1 Å². The average Bonchev–Trinajstić information content (AvgIpc) is 2.88. The smallest absolute Gasteiger partial charge is 0.181 e. The number of thiophene rings is 1. The van der Waals surface area contributed by atoms with Gasteiger partial charge in [-0.2, -0.15) is 0 Å². The summed E-state index contributed by atoms with van der Waals surface area (Å²) in [6, 6.07) is 11.5. The minimum atomic E-state index is -1.14. The van der Waals surface area contributed by atoms with Crippen molar-refractivity contribution < 1.29 is 14.0 Å². The molecule has 0 atom stereocenters. The highest BCUT2D eigenvalue weighted by molar-refractivity contribution is 7.37. The van der Waals surface area contributed by atoms with Crippen molar-refractivity contribution in [3.05, 3.63) is 36.4 Å². The molecule has 24 heavy (non-hydrogen) atoms. The molecule has 3 aromatic rings. The predicted octanol–water partition coefficient (Wildman–Crippen LogP) is 2.92. The van der Waals surface area contributed by atoms with Gasteiger partial charge in [-0.25, -0.2) is 0 Å². The van der Waals surface area contributed by atoms with E-state index in [0.717, 1.165) is 44.8 Å². The third-order valence-corrected chi connectivity index (χ3v) is 5.34. The third-order valence-electron chi connectivity index (χ3n) is 3.83. The number of nitrogens with one attached hydrogen (secondary N) is 2. The van der Waals surface area contributed by atoms with Crippen molar-refractivity contribution in [2.45, 2.75) is 0 Å². The van der Waals surface area contributed by atoms with Gasteiger partial charge in [-0.1, -0.05) is 0 Å². The van der Waals surface area contributed by atoms with E-state index in [-0.39, 0.29) is 0 Å². The summed E-state index contributed by atoms with van der Waals surface area (Å²) in [5.74, 6) is 1.57. The second kappa shape index (κ2) is 7.81. The molecule has 6 heteroatoms.